The SMILES string of the molecule is CC(=O)N(C)[C@H]1CC[C@H](CC(=O)Nc2cc(-c3ccsc3)c(-c3ccc([C@]4(N)C[C@](C)(O)C4)cc3)cn2)CC1. The molecule has 2 saturated carbocycles. The van der Waals surface area contributed by atoms with Gasteiger partial charge in [0.1, 0.15) is 5.82 Å². The Morgan fingerprint density at radius 2 is 1.79 bits per heavy atom. The molecule has 0 atom stereocenters. The second-order valence-electron chi connectivity index (χ2n) is 11.8. The highest BCUT2D eigenvalue weighted by Crippen LogP contribution is 2.46. The molecule has 5 rings (SSSR count). The molecule has 2 aromatic heterocycles. The first kappa shape index (κ1) is 27.5. The van der Waals surface area contributed by atoms with Crippen molar-refractivity contribution in [1.82, 2.24) is 9.88 Å². The smallest absolute Gasteiger partial charge is 0.225 e. The van der Waals surface area contributed by atoms with E-state index in [0.717, 1.165) is 53.5 Å². The van der Waals surface area contributed by atoms with Gasteiger partial charge in [-0.15, -0.1) is 0 Å². The average Bonchev–Trinajstić information content (AvgIpc) is 3.42. The first-order chi connectivity index (χ1) is 18.5. The van der Waals surface area contributed by atoms with E-state index in [0.29, 0.717) is 31.0 Å². The third-order valence-corrected chi connectivity index (χ3v) is 9.19. The number of benzene rings is 1. The first-order valence-electron chi connectivity index (χ1n) is 13.7. The van der Waals surface area contributed by atoms with Crippen molar-refractivity contribution < 1.29 is 14.7 Å². The van der Waals surface area contributed by atoms with Crippen LogP contribution in [0.4, 0.5) is 5.82 Å². The number of thiophene rings is 1. The molecule has 2 aliphatic carbocycles. The molecule has 2 aliphatic rings. The molecule has 0 unspecified atom stereocenters. The Hall–Kier alpha value is -3.07. The largest absolute Gasteiger partial charge is 0.390 e. The van der Waals surface area contributed by atoms with E-state index >= 15 is 0 Å². The number of nitrogens with one attached hydrogen (secondary N) is 1. The van der Waals surface area contributed by atoms with E-state index in [2.05, 4.69) is 33.9 Å². The number of hydrogen-bond donors (Lipinski definition) is 3. The molecule has 0 saturated heterocycles. The zero-order chi connectivity index (χ0) is 27.8. The lowest BCUT2D eigenvalue weighted by Gasteiger charge is -2.49. The number of nitrogens with two attached hydrogens (primary N) is 1. The summed E-state index contributed by atoms with van der Waals surface area (Å²) in [6.45, 7) is 3.43. The summed E-state index contributed by atoms with van der Waals surface area (Å²) in [5.74, 6) is 0.938. The summed E-state index contributed by atoms with van der Waals surface area (Å²) < 4.78 is 0. The molecule has 0 spiro atoms. The van der Waals surface area contributed by atoms with Crippen LogP contribution in [0.25, 0.3) is 22.3 Å². The van der Waals surface area contributed by atoms with Gasteiger partial charge in [-0.05, 0) is 96.5 Å². The Kier molecular flexibility index (Phi) is 7.64. The van der Waals surface area contributed by atoms with Crippen LogP contribution in [0.2, 0.25) is 0 Å². The van der Waals surface area contributed by atoms with Crippen LogP contribution in [0.3, 0.4) is 0 Å². The Balaban J connectivity index is 1.28. The number of aromatic nitrogens is 1. The minimum absolute atomic E-state index is 0.0242. The van der Waals surface area contributed by atoms with E-state index < -0.39 is 11.1 Å². The van der Waals surface area contributed by atoms with Gasteiger partial charge in [-0.3, -0.25) is 9.59 Å². The van der Waals surface area contributed by atoms with E-state index in [9.17, 15) is 14.7 Å². The number of pyridine rings is 1. The molecule has 4 N–H and O–H groups in total. The van der Waals surface area contributed by atoms with Crippen LogP contribution in [0.1, 0.15) is 64.4 Å². The minimum Gasteiger partial charge on any atom is -0.390 e. The Bertz CT molecular complexity index is 1320. The van der Waals surface area contributed by atoms with E-state index in [1.54, 1.807) is 18.3 Å². The van der Waals surface area contributed by atoms with Gasteiger partial charge in [0, 0.05) is 43.7 Å². The summed E-state index contributed by atoms with van der Waals surface area (Å²) in [5.41, 5.74) is 10.5. The number of rotatable bonds is 7. The molecule has 1 aromatic carbocycles. The van der Waals surface area contributed by atoms with Crippen LogP contribution in [-0.2, 0) is 15.1 Å². The second-order valence-corrected chi connectivity index (χ2v) is 12.5. The van der Waals surface area contributed by atoms with E-state index in [1.807, 2.05) is 48.6 Å². The highest BCUT2D eigenvalue weighted by Gasteiger charge is 2.49. The number of amides is 2. The maximum atomic E-state index is 12.9. The fourth-order valence-corrected chi connectivity index (χ4v) is 7.01. The molecule has 0 bridgehead atoms. The summed E-state index contributed by atoms with van der Waals surface area (Å²) in [6.07, 6.45) is 7.15. The molecule has 2 fully saturated rings. The van der Waals surface area contributed by atoms with Crippen molar-refractivity contribution in [1.29, 1.82) is 0 Å². The van der Waals surface area contributed by atoms with Crippen molar-refractivity contribution in [3.8, 4) is 22.3 Å². The van der Waals surface area contributed by atoms with Gasteiger partial charge < -0.3 is 21.1 Å². The van der Waals surface area contributed by atoms with Crippen LogP contribution in [0.15, 0.2) is 53.4 Å². The highest BCUT2D eigenvalue weighted by molar-refractivity contribution is 7.08. The maximum absolute atomic E-state index is 12.9. The molecule has 3 aromatic rings. The maximum Gasteiger partial charge on any atom is 0.225 e. The normalized spacial score (nSPS) is 26.5. The first-order valence-corrected chi connectivity index (χ1v) is 14.7. The average molecular weight is 547 g/mol. The number of nitrogens with zero attached hydrogens (tertiary/aromatic N) is 2. The number of anilines is 1. The molecular formula is C31H38N4O3S. The third-order valence-electron chi connectivity index (χ3n) is 8.50. The standard InChI is InChI=1S/C31H38N4O3S/c1-20(36)35(3)25-10-4-21(5-11-25)14-29(37)34-28-15-26(23-12-13-39-17-23)27(16-33-28)22-6-8-24(9-7-22)31(32)18-30(2,38)19-31/h6-9,12-13,15-17,21,25,38H,4-5,10-11,14,18-19,32H2,1-3H3,(H,33,34,37)/t21-,25-,30-,31-. The number of carbonyl (C=O) groups excluding carboxylic acids is 2. The lowest BCUT2D eigenvalue weighted by molar-refractivity contribution is -0.130. The molecule has 2 heterocycles. The van der Waals surface area contributed by atoms with Crippen molar-refractivity contribution in [3.63, 3.8) is 0 Å². The van der Waals surface area contributed by atoms with Gasteiger partial charge in [0.15, 0.2) is 0 Å². The molecule has 206 valence electrons. The zero-order valence-electron chi connectivity index (χ0n) is 22.9. The molecule has 39 heavy (non-hydrogen) atoms. The highest BCUT2D eigenvalue weighted by atomic mass is 32.1. The molecular weight excluding hydrogens is 508 g/mol. The second kappa shape index (κ2) is 10.8. The van der Waals surface area contributed by atoms with Gasteiger partial charge in [-0.2, -0.15) is 11.3 Å². The van der Waals surface area contributed by atoms with Crippen molar-refractivity contribution >= 4 is 29.0 Å². The van der Waals surface area contributed by atoms with Crippen molar-refractivity contribution in [3.05, 3.63) is 58.9 Å². The molecule has 0 radical (unpaired) electrons. The summed E-state index contributed by atoms with van der Waals surface area (Å²) in [4.78, 5) is 31.0. The Morgan fingerprint density at radius 3 is 2.38 bits per heavy atom. The van der Waals surface area contributed by atoms with E-state index in [-0.39, 0.29) is 17.9 Å². The fourth-order valence-electron chi connectivity index (χ4n) is 6.35. The van der Waals surface area contributed by atoms with E-state index in [1.165, 1.54) is 0 Å². The van der Waals surface area contributed by atoms with Gasteiger partial charge in [-0.1, -0.05) is 24.3 Å². The van der Waals surface area contributed by atoms with Crippen LogP contribution in [0.5, 0.6) is 0 Å². The molecule has 2 amide bonds. The van der Waals surface area contributed by atoms with Gasteiger partial charge >= 0.3 is 0 Å². The summed E-state index contributed by atoms with van der Waals surface area (Å²) in [7, 11) is 1.86. The number of hydrogen-bond acceptors (Lipinski definition) is 6. The lowest BCUT2D eigenvalue weighted by atomic mass is 9.63. The Labute approximate surface area is 234 Å². The van der Waals surface area contributed by atoms with Crippen molar-refractivity contribution in [2.24, 2.45) is 11.7 Å². The molecule has 7 nitrogen and oxygen atoms in total. The predicted molar refractivity (Wildman–Crippen MR) is 156 cm³/mol. The monoisotopic (exact) mass is 546 g/mol. The third kappa shape index (κ3) is 6.08. The van der Waals surface area contributed by atoms with Gasteiger partial charge in [0.2, 0.25) is 11.8 Å². The number of aliphatic hydroxyl groups is 1. The van der Waals surface area contributed by atoms with Gasteiger partial charge in [0.05, 0.1) is 5.60 Å². The van der Waals surface area contributed by atoms with Crippen molar-refractivity contribution in [2.75, 3.05) is 12.4 Å². The molecule has 8 heteroatoms. The Morgan fingerprint density at radius 1 is 1.10 bits per heavy atom. The van der Waals surface area contributed by atoms with Gasteiger partial charge in [0.25, 0.3) is 0 Å². The summed E-state index contributed by atoms with van der Waals surface area (Å²) >= 11 is 1.63. The van der Waals surface area contributed by atoms with Gasteiger partial charge in [-0.25, -0.2) is 4.98 Å². The quantitative estimate of drug-likeness (QED) is 0.361. The van der Waals surface area contributed by atoms with Crippen LogP contribution < -0.4 is 11.1 Å². The lowest BCUT2D eigenvalue weighted by Crippen LogP contribution is -2.58. The summed E-state index contributed by atoms with van der Waals surface area (Å²) in [5, 5.41) is 17.3. The zero-order valence-corrected chi connectivity index (χ0v) is 23.8. The van der Waals surface area contributed by atoms with Crippen LogP contribution in [0, 0.1) is 5.92 Å². The van der Waals surface area contributed by atoms with Crippen LogP contribution >= 0.6 is 11.3 Å². The summed E-state index contributed by atoms with van der Waals surface area (Å²) in [6, 6.07) is 12.5. The predicted octanol–water partition coefficient (Wildman–Crippen LogP) is 5.54. The number of carbonyl (C=O) groups is 2. The molecule has 0 aliphatic heterocycles. The van der Waals surface area contributed by atoms with Crippen LogP contribution in [-0.4, -0.2) is 45.5 Å². The minimum atomic E-state index is -0.699. The fraction of sp³-hybridized carbons (Fsp3) is 0.452. The van der Waals surface area contributed by atoms with E-state index in [4.69, 9.17) is 5.73 Å². The topological polar surface area (TPSA) is 109 Å². The van der Waals surface area contributed by atoms with Crippen molar-refractivity contribution in [2.45, 2.75) is 76.0 Å².